The standard InChI is InChI=1S/C21H19BrN2O2/c1-14(18-8-4-5-9-19(18)22)24-20(25)13-23-21(26)17-11-10-15-6-2-3-7-16(15)12-17/h2-12,14H,13H2,1H3,(H,23,26)(H,24,25). The first-order valence-electron chi connectivity index (χ1n) is 8.35. The molecule has 132 valence electrons. The SMILES string of the molecule is CC(NC(=O)CNC(=O)c1ccc2ccccc2c1)c1ccccc1Br. The number of carbonyl (C=O) groups excluding carboxylic acids is 2. The zero-order valence-corrected chi connectivity index (χ0v) is 15.9. The average molecular weight is 411 g/mol. The van der Waals surface area contributed by atoms with Gasteiger partial charge < -0.3 is 10.6 Å². The first-order chi connectivity index (χ1) is 12.5. The molecule has 3 aromatic carbocycles. The van der Waals surface area contributed by atoms with Crippen LogP contribution >= 0.6 is 15.9 Å². The third kappa shape index (κ3) is 4.29. The smallest absolute Gasteiger partial charge is 0.251 e. The lowest BCUT2D eigenvalue weighted by Crippen LogP contribution is -2.38. The molecule has 1 unspecified atom stereocenters. The maximum atomic E-state index is 12.3. The molecule has 1 atom stereocenters. The quantitative estimate of drug-likeness (QED) is 0.661. The number of rotatable bonds is 5. The molecule has 3 aromatic rings. The van der Waals surface area contributed by atoms with Crippen molar-refractivity contribution < 1.29 is 9.59 Å². The third-order valence-corrected chi connectivity index (χ3v) is 4.89. The number of hydrogen-bond donors (Lipinski definition) is 2. The van der Waals surface area contributed by atoms with E-state index in [1.165, 1.54) is 0 Å². The van der Waals surface area contributed by atoms with Crippen LogP contribution in [0.15, 0.2) is 71.2 Å². The van der Waals surface area contributed by atoms with Crippen LogP contribution in [0.3, 0.4) is 0 Å². The van der Waals surface area contributed by atoms with Gasteiger partial charge in [0.1, 0.15) is 0 Å². The van der Waals surface area contributed by atoms with E-state index in [1.807, 2.05) is 67.6 Å². The van der Waals surface area contributed by atoms with Crippen molar-refractivity contribution in [3.8, 4) is 0 Å². The summed E-state index contributed by atoms with van der Waals surface area (Å²) in [6.45, 7) is 1.84. The molecule has 0 spiro atoms. The van der Waals surface area contributed by atoms with E-state index >= 15 is 0 Å². The number of fused-ring (bicyclic) bond motifs is 1. The molecule has 5 heteroatoms. The fourth-order valence-corrected chi connectivity index (χ4v) is 3.42. The summed E-state index contributed by atoms with van der Waals surface area (Å²) in [5.74, 6) is -0.498. The van der Waals surface area contributed by atoms with Crippen LogP contribution in [-0.2, 0) is 4.79 Å². The van der Waals surface area contributed by atoms with E-state index in [1.54, 1.807) is 6.07 Å². The van der Waals surface area contributed by atoms with Crippen molar-refractivity contribution in [1.82, 2.24) is 10.6 Å². The zero-order chi connectivity index (χ0) is 18.5. The van der Waals surface area contributed by atoms with Crippen molar-refractivity contribution in [2.75, 3.05) is 6.54 Å². The molecule has 0 radical (unpaired) electrons. The van der Waals surface area contributed by atoms with E-state index < -0.39 is 0 Å². The first kappa shape index (κ1) is 18.1. The summed E-state index contributed by atoms with van der Waals surface area (Å²) in [4.78, 5) is 24.4. The summed E-state index contributed by atoms with van der Waals surface area (Å²) in [6, 6.07) is 20.9. The van der Waals surface area contributed by atoms with E-state index in [0.29, 0.717) is 5.56 Å². The number of benzene rings is 3. The van der Waals surface area contributed by atoms with E-state index in [4.69, 9.17) is 0 Å². The van der Waals surface area contributed by atoms with Crippen LogP contribution < -0.4 is 10.6 Å². The molecule has 3 rings (SSSR count). The Kier molecular flexibility index (Phi) is 5.68. The average Bonchev–Trinajstić information content (AvgIpc) is 2.66. The molecule has 4 nitrogen and oxygen atoms in total. The summed E-state index contributed by atoms with van der Waals surface area (Å²) in [6.07, 6.45) is 0. The summed E-state index contributed by atoms with van der Waals surface area (Å²) in [7, 11) is 0. The highest BCUT2D eigenvalue weighted by atomic mass is 79.9. The summed E-state index contributed by atoms with van der Waals surface area (Å²) in [5.41, 5.74) is 1.53. The Labute approximate surface area is 160 Å². The van der Waals surface area contributed by atoms with Gasteiger partial charge in [0.2, 0.25) is 5.91 Å². The Balaban J connectivity index is 1.58. The lowest BCUT2D eigenvalue weighted by molar-refractivity contribution is -0.120. The number of hydrogen-bond acceptors (Lipinski definition) is 2. The molecule has 26 heavy (non-hydrogen) atoms. The Hall–Kier alpha value is -2.66. The second kappa shape index (κ2) is 8.15. The summed E-state index contributed by atoms with van der Waals surface area (Å²) >= 11 is 3.48. The molecule has 0 saturated carbocycles. The largest absolute Gasteiger partial charge is 0.348 e. The molecule has 0 aromatic heterocycles. The predicted octanol–water partition coefficient (Wildman–Crippen LogP) is 4.21. The molecule has 0 aliphatic carbocycles. The molecule has 0 aliphatic rings. The lowest BCUT2D eigenvalue weighted by Gasteiger charge is -2.16. The van der Waals surface area contributed by atoms with Gasteiger partial charge in [0.15, 0.2) is 0 Å². The van der Waals surface area contributed by atoms with E-state index in [9.17, 15) is 9.59 Å². The van der Waals surface area contributed by atoms with Crippen molar-refractivity contribution in [2.45, 2.75) is 13.0 Å². The topological polar surface area (TPSA) is 58.2 Å². The van der Waals surface area contributed by atoms with E-state index in [-0.39, 0.29) is 24.4 Å². The number of carbonyl (C=O) groups is 2. The highest BCUT2D eigenvalue weighted by Gasteiger charge is 2.13. The van der Waals surface area contributed by atoms with Gasteiger partial charge in [-0.2, -0.15) is 0 Å². The normalized spacial score (nSPS) is 11.8. The third-order valence-electron chi connectivity index (χ3n) is 4.17. The minimum absolute atomic E-state index is 0.0690. The Bertz CT molecular complexity index is 955. The van der Waals surface area contributed by atoms with Crippen LogP contribution in [0.2, 0.25) is 0 Å². The number of halogens is 1. The molecule has 0 fully saturated rings. The maximum Gasteiger partial charge on any atom is 0.251 e. The molecule has 2 N–H and O–H groups in total. The lowest BCUT2D eigenvalue weighted by atomic mass is 10.1. The van der Waals surface area contributed by atoms with Gasteiger partial charge in [-0.1, -0.05) is 64.5 Å². The highest BCUT2D eigenvalue weighted by Crippen LogP contribution is 2.22. The highest BCUT2D eigenvalue weighted by molar-refractivity contribution is 9.10. The van der Waals surface area contributed by atoms with Crippen LogP contribution in [-0.4, -0.2) is 18.4 Å². The summed E-state index contributed by atoms with van der Waals surface area (Å²) in [5, 5.41) is 7.63. The van der Waals surface area contributed by atoms with Crippen LogP contribution in [0.4, 0.5) is 0 Å². The van der Waals surface area contributed by atoms with Crippen molar-refractivity contribution in [3.05, 3.63) is 82.3 Å². The Morgan fingerprint density at radius 2 is 1.65 bits per heavy atom. The number of amides is 2. The zero-order valence-electron chi connectivity index (χ0n) is 14.3. The molecule has 2 amide bonds. The van der Waals surface area contributed by atoms with Gasteiger partial charge in [-0.25, -0.2) is 0 Å². The molecule has 0 bridgehead atoms. The second-order valence-corrected chi connectivity index (χ2v) is 6.91. The van der Waals surface area contributed by atoms with Gasteiger partial charge in [0.05, 0.1) is 12.6 Å². The van der Waals surface area contributed by atoms with E-state index in [0.717, 1.165) is 20.8 Å². The van der Waals surface area contributed by atoms with Crippen molar-refractivity contribution >= 4 is 38.5 Å². The monoisotopic (exact) mass is 410 g/mol. The predicted molar refractivity (Wildman–Crippen MR) is 107 cm³/mol. The van der Waals surface area contributed by atoms with Gasteiger partial charge in [-0.05, 0) is 41.5 Å². The minimum Gasteiger partial charge on any atom is -0.348 e. The van der Waals surface area contributed by atoms with Crippen molar-refractivity contribution in [1.29, 1.82) is 0 Å². The fraction of sp³-hybridized carbons (Fsp3) is 0.143. The van der Waals surface area contributed by atoms with Gasteiger partial charge in [-0.15, -0.1) is 0 Å². The Morgan fingerprint density at radius 3 is 2.42 bits per heavy atom. The second-order valence-electron chi connectivity index (χ2n) is 6.06. The van der Waals surface area contributed by atoms with Crippen LogP contribution in [0.5, 0.6) is 0 Å². The van der Waals surface area contributed by atoms with E-state index in [2.05, 4.69) is 26.6 Å². The Morgan fingerprint density at radius 1 is 0.962 bits per heavy atom. The van der Waals surface area contributed by atoms with Gasteiger partial charge in [-0.3, -0.25) is 9.59 Å². The summed E-state index contributed by atoms with van der Waals surface area (Å²) < 4.78 is 0.938. The van der Waals surface area contributed by atoms with Crippen LogP contribution in [0, 0.1) is 0 Å². The maximum absolute atomic E-state index is 12.3. The van der Waals surface area contributed by atoms with Gasteiger partial charge >= 0.3 is 0 Å². The molecular weight excluding hydrogens is 392 g/mol. The van der Waals surface area contributed by atoms with Crippen molar-refractivity contribution in [3.63, 3.8) is 0 Å². The number of nitrogens with one attached hydrogen (secondary N) is 2. The molecular formula is C21H19BrN2O2. The van der Waals surface area contributed by atoms with Gasteiger partial charge in [0, 0.05) is 10.0 Å². The molecule has 0 aliphatic heterocycles. The van der Waals surface area contributed by atoms with Crippen LogP contribution in [0.1, 0.15) is 28.9 Å². The van der Waals surface area contributed by atoms with Crippen molar-refractivity contribution in [2.24, 2.45) is 0 Å². The van der Waals surface area contributed by atoms with Gasteiger partial charge in [0.25, 0.3) is 5.91 Å². The van der Waals surface area contributed by atoms with Crippen LogP contribution in [0.25, 0.3) is 10.8 Å². The molecule has 0 saturated heterocycles. The molecule has 0 heterocycles. The minimum atomic E-state index is -0.264. The fourth-order valence-electron chi connectivity index (χ4n) is 2.79. The first-order valence-corrected chi connectivity index (χ1v) is 9.14.